The average Bonchev–Trinajstić information content (AvgIpc) is 3.09. The second-order valence-corrected chi connectivity index (χ2v) is 8.86. The molecule has 7 heteroatoms. The fourth-order valence-electron chi connectivity index (χ4n) is 4.69. The Morgan fingerprint density at radius 1 is 1.03 bits per heavy atom. The lowest BCUT2D eigenvalue weighted by atomic mass is 9.96. The Labute approximate surface area is 187 Å². The summed E-state index contributed by atoms with van der Waals surface area (Å²) in [5.74, 6) is 1.30. The van der Waals surface area contributed by atoms with Crippen molar-refractivity contribution in [2.75, 3.05) is 44.2 Å². The summed E-state index contributed by atoms with van der Waals surface area (Å²) in [5.41, 5.74) is 3.96. The van der Waals surface area contributed by atoms with Crippen LogP contribution in [0.5, 0.6) is 0 Å². The van der Waals surface area contributed by atoms with E-state index in [-0.39, 0.29) is 5.92 Å². The molecule has 3 aromatic rings. The summed E-state index contributed by atoms with van der Waals surface area (Å²) in [5, 5.41) is 4.03. The topological polar surface area (TPSA) is 64.3 Å². The van der Waals surface area contributed by atoms with Gasteiger partial charge in [-0.2, -0.15) is 0 Å². The van der Waals surface area contributed by atoms with E-state index in [0.29, 0.717) is 10.9 Å². The summed E-state index contributed by atoms with van der Waals surface area (Å²) in [6.07, 6.45) is 2.88. The van der Waals surface area contributed by atoms with E-state index in [1.165, 1.54) is 0 Å². The number of aromatic nitrogens is 2. The normalized spacial score (nSPS) is 18.4. The summed E-state index contributed by atoms with van der Waals surface area (Å²) in [7, 11) is 0. The number of hydrogen-bond acceptors (Lipinski definition) is 4. The number of amides is 1. The molecule has 1 aromatic heterocycles. The van der Waals surface area contributed by atoms with Gasteiger partial charge in [-0.25, -0.2) is 4.98 Å². The number of carbonyl (C=O) groups is 1. The van der Waals surface area contributed by atoms with E-state index in [0.717, 1.165) is 86.6 Å². The molecular weight excluding hydrogens is 410 g/mol. The van der Waals surface area contributed by atoms with E-state index in [1.807, 2.05) is 30.3 Å². The Hall–Kier alpha value is -2.57. The number of para-hydroxylation sites is 2. The molecule has 162 valence electrons. The van der Waals surface area contributed by atoms with Gasteiger partial charge in [0.15, 0.2) is 0 Å². The lowest BCUT2D eigenvalue weighted by Gasteiger charge is -2.29. The fraction of sp³-hybridized carbons (Fsp3) is 0.417. The first kappa shape index (κ1) is 20.3. The van der Waals surface area contributed by atoms with Crippen molar-refractivity contribution in [2.24, 2.45) is 5.92 Å². The average molecular weight is 438 g/mol. The van der Waals surface area contributed by atoms with Gasteiger partial charge < -0.3 is 20.1 Å². The summed E-state index contributed by atoms with van der Waals surface area (Å²) in [6.45, 7) is 5.27. The molecule has 0 saturated carbocycles. The fourth-order valence-corrected chi connectivity index (χ4v) is 4.90. The molecule has 6 nitrogen and oxygen atoms in total. The number of anilines is 1. The van der Waals surface area contributed by atoms with Crippen molar-refractivity contribution in [2.45, 2.75) is 19.3 Å². The van der Waals surface area contributed by atoms with E-state index in [2.05, 4.69) is 32.2 Å². The third kappa shape index (κ3) is 4.27. The van der Waals surface area contributed by atoms with E-state index >= 15 is 0 Å². The maximum absolute atomic E-state index is 13.0. The molecule has 31 heavy (non-hydrogen) atoms. The van der Waals surface area contributed by atoms with Crippen molar-refractivity contribution in [3.05, 3.63) is 47.5 Å². The van der Waals surface area contributed by atoms with E-state index in [4.69, 9.17) is 16.6 Å². The first-order valence-corrected chi connectivity index (χ1v) is 11.6. The van der Waals surface area contributed by atoms with Crippen LogP contribution in [-0.4, -0.2) is 60.0 Å². The second-order valence-electron chi connectivity index (χ2n) is 8.46. The van der Waals surface area contributed by atoms with Crippen LogP contribution in [0, 0.1) is 5.92 Å². The number of nitrogens with zero attached hydrogens (tertiary/aromatic N) is 3. The van der Waals surface area contributed by atoms with Crippen molar-refractivity contribution in [1.29, 1.82) is 0 Å². The summed E-state index contributed by atoms with van der Waals surface area (Å²) >= 11 is 6.54. The minimum absolute atomic E-state index is 0.183. The van der Waals surface area contributed by atoms with Gasteiger partial charge in [-0.15, -0.1) is 0 Å². The number of rotatable bonds is 3. The van der Waals surface area contributed by atoms with Crippen LogP contribution in [0.4, 0.5) is 5.69 Å². The van der Waals surface area contributed by atoms with Gasteiger partial charge in [0, 0.05) is 43.3 Å². The molecule has 5 rings (SSSR count). The smallest absolute Gasteiger partial charge is 0.225 e. The molecule has 2 N–H and O–H groups in total. The molecule has 0 bridgehead atoms. The van der Waals surface area contributed by atoms with E-state index in [1.54, 1.807) is 0 Å². The number of H-pyrrole nitrogens is 1. The quantitative estimate of drug-likeness (QED) is 0.651. The third-order valence-corrected chi connectivity index (χ3v) is 6.79. The van der Waals surface area contributed by atoms with Crippen LogP contribution in [0.3, 0.4) is 0 Å². The highest BCUT2D eigenvalue weighted by Gasteiger charge is 2.27. The minimum atomic E-state index is 0.183. The van der Waals surface area contributed by atoms with E-state index in [9.17, 15) is 4.79 Å². The van der Waals surface area contributed by atoms with Crippen LogP contribution in [0.25, 0.3) is 22.4 Å². The molecular formula is C24H28ClN5O. The van der Waals surface area contributed by atoms with Crippen LogP contribution in [-0.2, 0) is 4.79 Å². The molecule has 2 aromatic carbocycles. The zero-order chi connectivity index (χ0) is 21.2. The molecule has 2 saturated heterocycles. The number of carbonyl (C=O) groups excluding carboxylic acids is 1. The Bertz CT molecular complexity index is 1040. The number of imidazole rings is 1. The van der Waals surface area contributed by atoms with Gasteiger partial charge in [-0.3, -0.25) is 4.79 Å². The summed E-state index contributed by atoms with van der Waals surface area (Å²) in [6, 6.07) is 14.1. The van der Waals surface area contributed by atoms with Crippen molar-refractivity contribution < 1.29 is 4.79 Å². The Kier molecular flexibility index (Phi) is 5.83. The zero-order valence-electron chi connectivity index (χ0n) is 17.6. The van der Waals surface area contributed by atoms with Gasteiger partial charge in [0.25, 0.3) is 0 Å². The van der Waals surface area contributed by atoms with Crippen LogP contribution in [0.15, 0.2) is 42.5 Å². The number of hydrogen-bond donors (Lipinski definition) is 2. The maximum atomic E-state index is 13.0. The summed E-state index contributed by atoms with van der Waals surface area (Å²) in [4.78, 5) is 25.5. The number of fused-ring (bicyclic) bond motifs is 1. The van der Waals surface area contributed by atoms with Gasteiger partial charge in [0.1, 0.15) is 5.82 Å². The number of aromatic amines is 1. The molecule has 2 fully saturated rings. The Morgan fingerprint density at radius 2 is 1.87 bits per heavy atom. The van der Waals surface area contributed by atoms with Gasteiger partial charge >= 0.3 is 0 Å². The molecule has 3 heterocycles. The van der Waals surface area contributed by atoms with Crippen molar-refractivity contribution >= 4 is 34.2 Å². The number of piperidine rings is 1. The first-order chi connectivity index (χ1) is 15.2. The molecule has 2 aliphatic heterocycles. The van der Waals surface area contributed by atoms with Crippen LogP contribution in [0.1, 0.15) is 19.3 Å². The SMILES string of the molecule is O=C(C1CCNCC1)N1CCCN(c2ccc(Cl)c(-c3nc4ccccc4[nH]3)c2)CC1. The number of benzene rings is 2. The van der Waals surface area contributed by atoms with E-state index < -0.39 is 0 Å². The monoisotopic (exact) mass is 437 g/mol. The Balaban J connectivity index is 1.33. The van der Waals surface area contributed by atoms with Crippen molar-refractivity contribution in [3.63, 3.8) is 0 Å². The van der Waals surface area contributed by atoms with Crippen LogP contribution >= 0.6 is 11.6 Å². The predicted molar refractivity (Wildman–Crippen MR) is 126 cm³/mol. The molecule has 1 amide bonds. The minimum Gasteiger partial charge on any atom is -0.370 e. The lowest BCUT2D eigenvalue weighted by molar-refractivity contribution is -0.136. The third-order valence-electron chi connectivity index (χ3n) is 6.46. The summed E-state index contributed by atoms with van der Waals surface area (Å²) < 4.78 is 0. The van der Waals surface area contributed by atoms with Crippen molar-refractivity contribution in [1.82, 2.24) is 20.2 Å². The molecule has 0 aliphatic carbocycles. The van der Waals surface area contributed by atoms with Gasteiger partial charge in [0.2, 0.25) is 5.91 Å². The molecule has 0 radical (unpaired) electrons. The molecule has 0 atom stereocenters. The van der Waals surface area contributed by atoms with Gasteiger partial charge in [-0.05, 0) is 62.7 Å². The largest absolute Gasteiger partial charge is 0.370 e. The second kappa shape index (κ2) is 8.89. The maximum Gasteiger partial charge on any atom is 0.225 e. The number of nitrogens with one attached hydrogen (secondary N) is 2. The van der Waals surface area contributed by atoms with Gasteiger partial charge in [-0.1, -0.05) is 23.7 Å². The van der Waals surface area contributed by atoms with Crippen LogP contribution < -0.4 is 10.2 Å². The molecule has 2 aliphatic rings. The highest BCUT2D eigenvalue weighted by atomic mass is 35.5. The number of halogens is 1. The van der Waals surface area contributed by atoms with Gasteiger partial charge in [0.05, 0.1) is 16.1 Å². The molecule has 0 spiro atoms. The highest BCUT2D eigenvalue weighted by Crippen LogP contribution is 2.32. The predicted octanol–water partition coefficient (Wildman–Crippen LogP) is 3.92. The standard InChI is InChI=1S/C24H28ClN5O/c25-20-7-6-18(16-19(20)23-27-21-4-1-2-5-22(21)28-23)29-12-3-13-30(15-14-29)24(31)17-8-10-26-11-9-17/h1-2,4-7,16-17,26H,3,8-15H2,(H,27,28). The highest BCUT2D eigenvalue weighted by molar-refractivity contribution is 6.33. The zero-order valence-corrected chi connectivity index (χ0v) is 18.4. The van der Waals surface area contributed by atoms with Crippen LogP contribution in [0.2, 0.25) is 5.02 Å². The first-order valence-electron chi connectivity index (χ1n) is 11.2. The van der Waals surface area contributed by atoms with Crippen molar-refractivity contribution in [3.8, 4) is 11.4 Å². The molecule has 0 unspecified atom stereocenters. The lowest BCUT2D eigenvalue weighted by Crippen LogP contribution is -2.42. The Morgan fingerprint density at radius 3 is 2.71 bits per heavy atom.